The van der Waals surface area contributed by atoms with Gasteiger partial charge < -0.3 is 5.11 Å². The Balaban J connectivity index is 2.04. The summed E-state index contributed by atoms with van der Waals surface area (Å²) < 4.78 is 12.8. The van der Waals surface area contributed by atoms with Gasteiger partial charge in [-0.3, -0.25) is 9.59 Å². The van der Waals surface area contributed by atoms with Crippen molar-refractivity contribution in [3.05, 3.63) is 35.6 Å². The molecule has 1 aliphatic rings. The molecule has 2 atom stereocenters. The minimum absolute atomic E-state index is 0.0937. The molecule has 1 saturated carbocycles. The van der Waals surface area contributed by atoms with Crippen LogP contribution in [0.3, 0.4) is 0 Å². The number of carboxylic acid groups (broad SMARTS) is 1. The number of ketones is 1. The molecule has 1 aromatic rings. The largest absolute Gasteiger partial charge is 0.481 e. The Morgan fingerprint density at radius 3 is 2.42 bits per heavy atom. The SMILES string of the molecule is O=C(C[C@@H]1CCCC[C@@H]1C(=O)O)c1ccc(F)cc1. The average molecular weight is 264 g/mol. The van der Waals surface area contributed by atoms with Crippen LogP contribution in [0.4, 0.5) is 4.39 Å². The van der Waals surface area contributed by atoms with Gasteiger partial charge in [-0.1, -0.05) is 12.8 Å². The van der Waals surface area contributed by atoms with Crippen LogP contribution in [-0.2, 0) is 4.79 Å². The van der Waals surface area contributed by atoms with Gasteiger partial charge in [-0.05, 0) is 43.0 Å². The highest BCUT2D eigenvalue weighted by atomic mass is 19.1. The summed E-state index contributed by atoms with van der Waals surface area (Å²) in [6.07, 6.45) is 3.56. The molecule has 1 fully saturated rings. The standard InChI is InChI=1S/C15H17FO3/c16-12-7-5-10(6-8-12)14(17)9-11-3-1-2-4-13(11)15(18)19/h5-8,11,13H,1-4,9H2,(H,18,19)/t11-,13-/m0/s1. The highest BCUT2D eigenvalue weighted by Crippen LogP contribution is 2.33. The van der Waals surface area contributed by atoms with Gasteiger partial charge in [0.2, 0.25) is 0 Å². The molecule has 0 aromatic heterocycles. The van der Waals surface area contributed by atoms with E-state index in [-0.39, 0.29) is 23.9 Å². The third kappa shape index (κ3) is 3.40. The molecule has 0 aliphatic heterocycles. The van der Waals surface area contributed by atoms with Gasteiger partial charge in [0.05, 0.1) is 5.92 Å². The second-order valence-electron chi connectivity index (χ2n) is 5.12. The summed E-state index contributed by atoms with van der Waals surface area (Å²) in [6.45, 7) is 0. The number of carboxylic acids is 1. The van der Waals surface area contributed by atoms with E-state index < -0.39 is 11.9 Å². The number of hydrogen-bond donors (Lipinski definition) is 1. The van der Waals surface area contributed by atoms with Gasteiger partial charge in [0, 0.05) is 12.0 Å². The summed E-state index contributed by atoms with van der Waals surface area (Å²) in [4.78, 5) is 23.2. The average Bonchev–Trinajstić information content (AvgIpc) is 2.39. The van der Waals surface area contributed by atoms with Crippen molar-refractivity contribution in [3.8, 4) is 0 Å². The van der Waals surface area contributed by atoms with Gasteiger partial charge in [0.1, 0.15) is 5.82 Å². The molecule has 0 amide bonds. The fourth-order valence-corrected chi connectivity index (χ4v) is 2.77. The molecule has 102 valence electrons. The predicted octanol–water partition coefficient (Wildman–Crippen LogP) is 3.29. The van der Waals surface area contributed by atoms with E-state index >= 15 is 0 Å². The van der Waals surface area contributed by atoms with Crippen molar-refractivity contribution < 1.29 is 19.1 Å². The van der Waals surface area contributed by atoms with Gasteiger partial charge in [-0.25, -0.2) is 4.39 Å². The molecule has 0 radical (unpaired) electrons. The fourth-order valence-electron chi connectivity index (χ4n) is 2.77. The van der Waals surface area contributed by atoms with E-state index in [1.807, 2.05) is 0 Å². The number of aliphatic carboxylic acids is 1. The fraction of sp³-hybridized carbons (Fsp3) is 0.467. The number of benzene rings is 1. The van der Waals surface area contributed by atoms with E-state index in [1.165, 1.54) is 24.3 Å². The smallest absolute Gasteiger partial charge is 0.306 e. The molecule has 0 saturated heterocycles. The first kappa shape index (κ1) is 13.7. The van der Waals surface area contributed by atoms with Crippen LogP contribution in [0.2, 0.25) is 0 Å². The van der Waals surface area contributed by atoms with Crippen LogP contribution in [0.25, 0.3) is 0 Å². The molecular formula is C15H17FO3. The van der Waals surface area contributed by atoms with Gasteiger partial charge >= 0.3 is 5.97 Å². The molecule has 0 bridgehead atoms. The van der Waals surface area contributed by atoms with Crippen LogP contribution in [-0.4, -0.2) is 16.9 Å². The maximum atomic E-state index is 12.8. The van der Waals surface area contributed by atoms with Crippen molar-refractivity contribution in [1.29, 1.82) is 0 Å². The lowest BCUT2D eigenvalue weighted by atomic mass is 9.76. The van der Waals surface area contributed by atoms with Gasteiger partial charge in [-0.15, -0.1) is 0 Å². The Morgan fingerprint density at radius 1 is 1.16 bits per heavy atom. The Bertz CT molecular complexity index is 467. The molecule has 0 unspecified atom stereocenters. The van der Waals surface area contributed by atoms with Crippen molar-refractivity contribution in [2.75, 3.05) is 0 Å². The number of hydrogen-bond acceptors (Lipinski definition) is 2. The monoisotopic (exact) mass is 264 g/mol. The Kier molecular flexibility index (Phi) is 4.30. The number of carbonyl (C=O) groups excluding carboxylic acids is 1. The number of Topliss-reactive ketones (excluding diaryl/α,β-unsaturated/α-hetero) is 1. The maximum absolute atomic E-state index is 12.8. The van der Waals surface area contributed by atoms with E-state index in [0.29, 0.717) is 12.0 Å². The van der Waals surface area contributed by atoms with Gasteiger partial charge in [0.15, 0.2) is 5.78 Å². The third-order valence-corrected chi connectivity index (χ3v) is 3.84. The molecule has 2 rings (SSSR count). The molecule has 1 N–H and O–H groups in total. The quantitative estimate of drug-likeness (QED) is 0.849. The topological polar surface area (TPSA) is 54.4 Å². The Morgan fingerprint density at radius 2 is 1.79 bits per heavy atom. The van der Waals surface area contributed by atoms with E-state index in [4.69, 9.17) is 5.11 Å². The first-order chi connectivity index (χ1) is 9.08. The summed E-state index contributed by atoms with van der Waals surface area (Å²) in [5.41, 5.74) is 0.455. The highest BCUT2D eigenvalue weighted by molar-refractivity contribution is 5.96. The lowest BCUT2D eigenvalue weighted by molar-refractivity contribution is -0.144. The lowest BCUT2D eigenvalue weighted by Crippen LogP contribution is -2.28. The molecule has 19 heavy (non-hydrogen) atoms. The van der Waals surface area contributed by atoms with Crippen LogP contribution in [0.5, 0.6) is 0 Å². The van der Waals surface area contributed by atoms with Crippen LogP contribution >= 0.6 is 0 Å². The molecule has 0 heterocycles. The zero-order valence-corrected chi connectivity index (χ0v) is 10.6. The molecule has 4 heteroatoms. The van der Waals surface area contributed by atoms with Crippen LogP contribution in [0, 0.1) is 17.7 Å². The molecule has 1 aromatic carbocycles. The van der Waals surface area contributed by atoms with E-state index in [0.717, 1.165) is 19.3 Å². The molecule has 3 nitrogen and oxygen atoms in total. The summed E-state index contributed by atoms with van der Waals surface area (Å²) in [6, 6.07) is 5.41. The molecule has 0 spiro atoms. The molecule has 1 aliphatic carbocycles. The number of halogens is 1. The second-order valence-corrected chi connectivity index (χ2v) is 5.12. The number of carbonyl (C=O) groups is 2. The third-order valence-electron chi connectivity index (χ3n) is 3.84. The maximum Gasteiger partial charge on any atom is 0.306 e. The first-order valence-electron chi connectivity index (χ1n) is 6.59. The summed E-state index contributed by atoms with van der Waals surface area (Å²) in [5, 5.41) is 9.17. The summed E-state index contributed by atoms with van der Waals surface area (Å²) >= 11 is 0. The van der Waals surface area contributed by atoms with Crippen molar-refractivity contribution in [2.45, 2.75) is 32.1 Å². The zero-order valence-electron chi connectivity index (χ0n) is 10.6. The van der Waals surface area contributed by atoms with Crippen molar-refractivity contribution in [2.24, 2.45) is 11.8 Å². The van der Waals surface area contributed by atoms with Crippen molar-refractivity contribution in [3.63, 3.8) is 0 Å². The summed E-state index contributed by atoms with van der Waals surface area (Å²) in [7, 11) is 0. The van der Waals surface area contributed by atoms with Crippen LogP contribution in [0.1, 0.15) is 42.5 Å². The predicted molar refractivity (Wildman–Crippen MR) is 68.4 cm³/mol. The minimum Gasteiger partial charge on any atom is -0.481 e. The van der Waals surface area contributed by atoms with Crippen molar-refractivity contribution in [1.82, 2.24) is 0 Å². The van der Waals surface area contributed by atoms with Crippen molar-refractivity contribution >= 4 is 11.8 Å². The summed E-state index contributed by atoms with van der Waals surface area (Å²) in [5.74, 6) is -1.80. The Labute approximate surface area is 111 Å². The van der Waals surface area contributed by atoms with E-state index in [1.54, 1.807) is 0 Å². The normalized spacial score (nSPS) is 23.0. The minimum atomic E-state index is -0.809. The van der Waals surface area contributed by atoms with E-state index in [2.05, 4.69) is 0 Å². The molecular weight excluding hydrogens is 247 g/mol. The van der Waals surface area contributed by atoms with Crippen LogP contribution < -0.4 is 0 Å². The van der Waals surface area contributed by atoms with Crippen LogP contribution in [0.15, 0.2) is 24.3 Å². The van der Waals surface area contributed by atoms with Gasteiger partial charge in [0.25, 0.3) is 0 Å². The second kappa shape index (κ2) is 5.95. The zero-order chi connectivity index (χ0) is 13.8. The Hall–Kier alpha value is -1.71. The van der Waals surface area contributed by atoms with E-state index in [9.17, 15) is 14.0 Å². The highest BCUT2D eigenvalue weighted by Gasteiger charge is 2.32. The lowest BCUT2D eigenvalue weighted by Gasteiger charge is -2.27. The first-order valence-corrected chi connectivity index (χ1v) is 6.59. The number of rotatable bonds is 4. The van der Waals surface area contributed by atoms with Gasteiger partial charge in [-0.2, -0.15) is 0 Å².